The van der Waals surface area contributed by atoms with Crippen LogP contribution in [0.1, 0.15) is 90.2 Å². The van der Waals surface area contributed by atoms with Gasteiger partial charge in [-0.05, 0) is 110 Å². The summed E-state index contributed by atoms with van der Waals surface area (Å²) in [6.07, 6.45) is 6.12. The number of fused-ring (bicyclic) bond motifs is 2. The lowest BCUT2D eigenvalue weighted by Crippen LogP contribution is -2.52. The van der Waals surface area contributed by atoms with Crippen molar-refractivity contribution in [3.63, 3.8) is 0 Å². The highest BCUT2D eigenvalue weighted by atomic mass is 35.5. The number of carbonyl (C=O) groups excluding carboxylic acids is 3. The van der Waals surface area contributed by atoms with Gasteiger partial charge in [0.05, 0.1) is 16.7 Å². The molecule has 5 aliphatic heterocycles. The Morgan fingerprint density at radius 2 is 1.53 bits per heavy atom. The third-order valence-corrected chi connectivity index (χ3v) is 13.6. The van der Waals surface area contributed by atoms with Crippen LogP contribution in [-0.4, -0.2) is 102 Å². The number of nitrogens with zero attached hydrogens (tertiary/aromatic N) is 6. The largest absolute Gasteiger partial charge is 0.490 e. The van der Waals surface area contributed by atoms with Gasteiger partial charge in [-0.25, -0.2) is 0 Å². The summed E-state index contributed by atoms with van der Waals surface area (Å²) >= 11 is 6.21. The van der Waals surface area contributed by atoms with Gasteiger partial charge in [-0.3, -0.25) is 29.5 Å². The first-order valence-electron chi connectivity index (χ1n) is 20.6. The summed E-state index contributed by atoms with van der Waals surface area (Å²) in [6.45, 7) is 8.29. The lowest BCUT2D eigenvalue weighted by Gasteiger charge is -2.40. The van der Waals surface area contributed by atoms with Crippen molar-refractivity contribution in [2.45, 2.75) is 88.9 Å². The molecule has 3 saturated heterocycles. The summed E-state index contributed by atoms with van der Waals surface area (Å²) in [6, 6.07) is 19.7. The van der Waals surface area contributed by atoms with E-state index in [1.807, 2.05) is 18.2 Å². The zero-order chi connectivity index (χ0) is 39.2. The number of rotatable bonds is 8. The number of benzene rings is 3. The fourth-order valence-electron chi connectivity index (χ4n) is 10.0. The molecule has 3 aromatic carbocycles. The maximum Gasteiger partial charge on any atom is 0.255 e. The molecule has 57 heavy (non-hydrogen) atoms. The Hall–Kier alpha value is -4.67. The minimum absolute atomic E-state index is 0.0953. The quantitative estimate of drug-likeness (QED) is 0.293. The van der Waals surface area contributed by atoms with E-state index < -0.39 is 12.3 Å². The van der Waals surface area contributed by atoms with Gasteiger partial charge in [-0.1, -0.05) is 17.7 Å². The van der Waals surface area contributed by atoms with Gasteiger partial charge in [-0.15, -0.1) is 0 Å². The van der Waals surface area contributed by atoms with Crippen LogP contribution >= 0.6 is 11.6 Å². The Kier molecular flexibility index (Phi) is 10.6. The van der Waals surface area contributed by atoms with Gasteiger partial charge >= 0.3 is 0 Å². The Labute approximate surface area is 338 Å². The molecular weight excluding hydrogens is 742 g/mol. The predicted molar refractivity (Wildman–Crippen MR) is 216 cm³/mol. The molecule has 2 N–H and O–H groups in total. The number of carbonyl (C=O) groups is 3. The van der Waals surface area contributed by atoms with Crippen LogP contribution in [0.15, 0.2) is 54.6 Å². The van der Waals surface area contributed by atoms with Gasteiger partial charge in [0.15, 0.2) is 0 Å². The van der Waals surface area contributed by atoms with Gasteiger partial charge in [-0.2, -0.15) is 5.26 Å². The summed E-state index contributed by atoms with van der Waals surface area (Å²) in [5.74, 6) is 0.568. The van der Waals surface area contributed by atoms with Crippen molar-refractivity contribution in [2.24, 2.45) is 5.92 Å². The van der Waals surface area contributed by atoms with Crippen molar-refractivity contribution in [1.82, 2.24) is 20.0 Å². The van der Waals surface area contributed by atoms with Crippen LogP contribution in [0.5, 0.6) is 5.75 Å². The predicted octanol–water partition coefficient (Wildman–Crippen LogP) is 5.21. The molecule has 12 nitrogen and oxygen atoms in total. The zero-order valence-electron chi connectivity index (χ0n) is 32.2. The van der Waals surface area contributed by atoms with E-state index in [9.17, 15) is 19.5 Å². The van der Waals surface area contributed by atoms with Crippen LogP contribution in [0.25, 0.3) is 0 Å². The second-order valence-corrected chi connectivity index (χ2v) is 17.1. The summed E-state index contributed by atoms with van der Waals surface area (Å²) in [5, 5.41) is 23.3. The van der Waals surface area contributed by atoms with Gasteiger partial charge < -0.3 is 24.5 Å². The number of hydrogen-bond acceptors (Lipinski definition) is 10. The van der Waals surface area contributed by atoms with Gasteiger partial charge in [0.1, 0.15) is 24.1 Å². The van der Waals surface area contributed by atoms with Gasteiger partial charge in [0.25, 0.3) is 5.91 Å². The number of ether oxygens (including phenoxy) is 1. The van der Waals surface area contributed by atoms with E-state index in [4.69, 9.17) is 21.6 Å². The lowest BCUT2D eigenvalue weighted by molar-refractivity contribution is -0.136. The molecule has 6 aliphatic rings. The monoisotopic (exact) mass is 791 g/mol. The molecule has 0 bridgehead atoms. The molecule has 1 aliphatic carbocycles. The molecular formula is C44H50ClN7O5. The summed E-state index contributed by atoms with van der Waals surface area (Å²) in [5.41, 5.74) is 6.68. The third-order valence-electron chi connectivity index (χ3n) is 13.3. The summed E-state index contributed by atoms with van der Waals surface area (Å²) in [4.78, 5) is 48.7. The van der Waals surface area contributed by atoms with Gasteiger partial charge in [0, 0.05) is 94.4 Å². The van der Waals surface area contributed by atoms with E-state index in [0.29, 0.717) is 46.8 Å². The van der Waals surface area contributed by atoms with E-state index in [1.54, 1.807) is 17.0 Å². The van der Waals surface area contributed by atoms with E-state index in [2.05, 4.69) is 55.3 Å². The molecule has 4 fully saturated rings. The fourth-order valence-corrected chi connectivity index (χ4v) is 10.2. The molecule has 0 aromatic heterocycles. The molecule has 298 valence electrons. The third kappa shape index (κ3) is 7.70. The van der Waals surface area contributed by atoms with Crippen molar-refractivity contribution in [3.05, 3.63) is 87.4 Å². The number of piperazine rings is 1. The molecule has 2 unspecified atom stereocenters. The maximum absolute atomic E-state index is 13.2. The Morgan fingerprint density at radius 1 is 0.807 bits per heavy atom. The average molecular weight is 792 g/mol. The number of piperidine rings is 2. The molecule has 3 amide bonds. The molecule has 2 atom stereocenters. The molecule has 1 saturated carbocycles. The van der Waals surface area contributed by atoms with Crippen LogP contribution in [0.2, 0.25) is 5.02 Å². The fraction of sp³-hybridized carbons (Fsp3) is 0.500. The van der Waals surface area contributed by atoms with Crippen molar-refractivity contribution >= 4 is 40.7 Å². The number of nitrogens with one attached hydrogen (secondary N) is 1. The lowest BCUT2D eigenvalue weighted by atomic mass is 9.91. The highest BCUT2D eigenvalue weighted by Gasteiger charge is 2.40. The molecule has 0 radical (unpaired) electrons. The summed E-state index contributed by atoms with van der Waals surface area (Å²) in [7, 11) is 0. The van der Waals surface area contributed by atoms with E-state index in [-0.39, 0.29) is 30.2 Å². The van der Waals surface area contributed by atoms with Crippen LogP contribution in [-0.2, 0) is 22.7 Å². The molecule has 9 rings (SSSR count). The van der Waals surface area contributed by atoms with Crippen molar-refractivity contribution in [2.75, 3.05) is 55.6 Å². The highest BCUT2D eigenvalue weighted by molar-refractivity contribution is 6.31. The minimum atomic E-state index is -0.593. The van der Waals surface area contributed by atoms with E-state index in [0.717, 1.165) is 108 Å². The number of amides is 3. The first-order chi connectivity index (χ1) is 27.7. The van der Waals surface area contributed by atoms with Gasteiger partial charge in [0.2, 0.25) is 11.8 Å². The van der Waals surface area contributed by atoms with Crippen molar-refractivity contribution < 1.29 is 24.2 Å². The number of anilines is 2. The first-order valence-corrected chi connectivity index (χ1v) is 21.0. The molecule has 0 spiro atoms. The minimum Gasteiger partial charge on any atom is -0.490 e. The smallest absolute Gasteiger partial charge is 0.255 e. The number of halogens is 1. The first kappa shape index (κ1) is 37.9. The Morgan fingerprint density at radius 3 is 2.25 bits per heavy atom. The Balaban J connectivity index is 0.721. The topological polar surface area (TPSA) is 133 Å². The number of imide groups is 1. The normalized spacial score (nSPS) is 26.0. The SMILES string of the molecule is N#Cc1ccc(O[C@H]2CC[C@H](N3Cc4cc(N5CCN(CC6CCN(c7ccc8c(c7)CN(C7CCC(=O)NC7=O)C8=O)CC6)CC5)ccc4C3O)CC2)cc1Cl. The van der Waals surface area contributed by atoms with Crippen LogP contribution < -0.4 is 19.9 Å². The van der Waals surface area contributed by atoms with Crippen molar-refractivity contribution in [1.29, 1.82) is 5.26 Å². The second kappa shape index (κ2) is 15.9. The van der Waals surface area contributed by atoms with Crippen LogP contribution in [0, 0.1) is 17.2 Å². The Bertz CT molecular complexity index is 2080. The number of aliphatic hydroxyl groups is 1. The van der Waals surface area contributed by atoms with E-state index in [1.165, 1.54) is 11.3 Å². The molecule has 13 heteroatoms. The number of hydrogen-bond donors (Lipinski definition) is 2. The standard InChI is InChI=1S/C44H50ClN7O5/c45-39-23-36(6-1-29(39)24-46)57-35-7-2-32(3-8-35)51-26-30-21-34(5-9-37(30)43(51)55)50-19-17-48(18-20-50)25-28-13-15-49(16-14-28)33-4-10-38-31(22-33)27-52(44(38)56)40-11-12-41(53)47-42(40)54/h1,4-6,9-10,21-23,28,32,35,40,43,55H,2-3,7-8,11-20,25-27H2,(H,47,53,54)/t32-,35-,40?,43?. The average Bonchev–Trinajstić information content (AvgIpc) is 3.73. The van der Waals surface area contributed by atoms with Crippen molar-refractivity contribution in [3.8, 4) is 11.8 Å². The number of aliphatic hydroxyl groups excluding tert-OH is 1. The highest BCUT2D eigenvalue weighted by Crippen LogP contribution is 2.40. The number of nitriles is 1. The maximum atomic E-state index is 13.2. The van der Waals surface area contributed by atoms with Crippen LogP contribution in [0.4, 0.5) is 11.4 Å². The zero-order valence-corrected chi connectivity index (χ0v) is 33.0. The molecule has 5 heterocycles. The molecule has 3 aromatic rings. The second-order valence-electron chi connectivity index (χ2n) is 16.7. The van der Waals surface area contributed by atoms with E-state index >= 15 is 0 Å². The van der Waals surface area contributed by atoms with Crippen LogP contribution in [0.3, 0.4) is 0 Å². The summed E-state index contributed by atoms with van der Waals surface area (Å²) < 4.78 is 6.22.